The van der Waals surface area contributed by atoms with E-state index in [0.717, 1.165) is 53.3 Å². The van der Waals surface area contributed by atoms with E-state index >= 15 is 0 Å². The molecule has 0 radical (unpaired) electrons. The lowest BCUT2D eigenvalue weighted by molar-refractivity contribution is -0.125. The number of para-hydroxylation sites is 1. The second-order valence-electron chi connectivity index (χ2n) is 11.5. The molecule has 0 unspecified atom stereocenters. The minimum atomic E-state index is -0.215. The van der Waals surface area contributed by atoms with Gasteiger partial charge < -0.3 is 20.3 Å². The van der Waals surface area contributed by atoms with Gasteiger partial charge in [-0.2, -0.15) is 0 Å². The van der Waals surface area contributed by atoms with Crippen LogP contribution < -0.4 is 15.5 Å². The predicted molar refractivity (Wildman–Crippen MR) is 167 cm³/mol. The van der Waals surface area contributed by atoms with Gasteiger partial charge >= 0.3 is 0 Å². The van der Waals surface area contributed by atoms with Crippen LogP contribution in [0.3, 0.4) is 0 Å². The third kappa shape index (κ3) is 8.58. The highest BCUT2D eigenvalue weighted by molar-refractivity contribution is 6.01. The lowest BCUT2D eigenvalue weighted by Crippen LogP contribution is -2.34. The van der Waals surface area contributed by atoms with Crippen LogP contribution in [0.4, 0.5) is 5.69 Å². The van der Waals surface area contributed by atoms with Crippen molar-refractivity contribution < 1.29 is 19.1 Å². The number of fused-ring (bicyclic) bond motifs is 5. The summed E-state index contributed by atoms with van der Waals surface area (Å²) in [5.41, 5.74) is 5.28. The van der Waals surface area contributed by atoms with E-state index < -0.39 is 0 Å². The lowest BCUT2D eigenvalue weighted by Gasteiger charge is -2.28. The first-order valence-corrected chi connectivity index (χ1v) is 15.3. The number of carbonyl (C=O) groups is 3. The molecule has 0 saturated carbocycles. The fourth-order valence-corrected chi connectivity index (χ4v) is 5.08. The summed E-state index contributed by atoms with van der Waals surface area (Å²) in [7, 11) is 0. The number of ether oxygens (including phenoxy) is 1. The zero-order valence-electron chi connectivity index (χ0n) is 25.8. The summed E-state index contributed by atoms with van der Waals surface area (Å²) in [4.78, 5) is 39.6. The quantitative estimate of drug-likeness (QED) is 0.253. The van der Waals surface area contributed by atoms with Gasteiger partial charge in [0.15, 0.2) is 0 Å². The molecule has 1 aliphatic heterocycles. The molecule has 0 bridgehead atoms. The van der Waals surface area contributed by atoms with Crippen LogP contribution in [0.5, 0.6) is 0 Å². The molecule has 4 rings (SSSR count). The Labute approximate surface area is 254 Å². The molecular formula is C33H44N6O4. The second-order valence-corrected chi connectivity index (χ2v) is 11.5. The normalized spacial score (nSPS) is 12.4. The van der Waals surface area contributed by atoms with Gasteiger partial charge in [-0.25, -0.2) is 4.68 Å². The van der Waals surface area contributed by atoms with Gasteiger partial charge in [-0.3, -0.25) is 14.4 Å². The van der Waals surface area contributed by atoms with Crippen LogP contribution in [0.15, 0.2) is 48.5 Å². The first-order chi connectivity index (χ1) is 20.8. The number of hydrogen-bond acceptors (Lipinski definition) is 7. The summed E-state index contributed by atoms with van der Waals surface area (Å²) in [6, 6.07) is 16.2. The number of anilines is 1. The fourth-order valence-electron chi connectivity index (χ4n) is 5.08. The smallest absolute Gasteiger partial charge is 0.227 e. The number of nitrogens with one attached hydrogen (secondary N) is 2. The van der Waals surface area contributed by atoms with Crippen molar-refractivity contribution in [1.82, 2.24) is 25.6 Å². The van der Waals surface area contributed by atoms with Crippen LogP contribution in [-0.4, -0.2) is 64.9 Å². The fraction of sp³-hybridized carbons (Fsp3) is 0.485. The molecule has 3 aromatic rings. The van der Waals surface area contributed by atoms with Gasteiger partial charge in [0.05, 0.1) is 31.1 Å². The zero-order chi connectivity index (χ0) is 30.8. The number of benzene rings is 2. The van der Waals surface area contributed by atoms with Gasteiger partial charge in [0.1, 0.15) is 11.5 Å². The molecule has 1 aliphatic rings. The Morgan fingerprint density at radius 1 is 0.907 bits per heavy atom. The maximum atomic E-state index is 13.7. The van der Waals surface area contributed by atoms with E-state index in [-0.39, 0.29) is 36.4 Å². The van der Waals surface area contributed by atoms with E-state index in [0.29, 0.717) is 38.8 Å². The van der Waals surface area contributed by atoms with E-state index in [2.05, 4.69) is 40.9 Å². The molecule has 0 aliphatic carbocycles. The largest absolute Gasteiger partial charge is 0.379 e. The van der Waals surface area contributed by atoms with E-state index in [9.17, 15) is 14.4 Å². The minimum absolute atomic E-state index is 0.00642. The van der Waals surface area contributed by atoms with Crippen molar-refractivity contribution in [3.63, 3.8) is 0 Å². The Bertz CT molecular complexity index is 1400. The van der Waals surface area contributed by atoms with Crippen molar-refractivity contribution in [2.75, 3.05) is 31.2 Å². The molecule has 10 heteroatoms. The third-order valence-electron chi connectivity index (χ3n) is 7.46. The summed E-state index contributed by atoms with van der Waals surface area (Å²) in [6.07, 6.45) is 1.41. The third-order valence-corrected chi connectivity index (χ3v) is 7.46. The molecule has 10 nitrogen and oxygen atoms in total. The molecule has 2 N–H and O–H groups in total. The highest BCUT2D eigenvalue weighted by Gasteiger charge is 2.29. The maximum Gasteiger partial charge on any atom is 0.227 e. The van der Waals surface area contributed by atoms with E-state index in [1.54, 1.807) is 4.90 Å². The lowest BCUT2D eigenvalue weighted by atomic mass is 9.95. The van der Waals surface area contributed by atoms with Crippen LogP contribution >= 0.6 is 0 Å². The topological polar surface area (TPSA) is 118 Å². The Balaban J connectivity index is 1.44. The Hall–Kier alpha value is -3.89. The van der Waals surface area contributed by atoms with Gasteiger partial charge in [0.2, 0.25) is 11.8 Å². The summed E-state index contributed by atoms with van der Waals surface area (Å²) in [5.74, 6) is -0.205. The van der Waals surface area contributed by atoms with Crippen molar-refractivity contribution in [2.24, 2.45) is 5.92 Å². The molecule has 230 valence electrons. The first kappa shape index (κ1) is 32.0. The number of aryl methyl sites for hydroxylation is 1. The van der Waals surface area contributed by atoms with Crippen molar-refractivity contribution in [3.8, 4) is 22.5 Å². The molecule has 0 saturated heterocycles. The summed E-state index contributed by atoms with van der Waals surface area (Å²) in [5, 5.41) is 15.4. The van der Waals surface area contributed by atoms with Crippen molar-refractivity contribution >= 4 is 23.3 Å². The molecule has 1 aromatic heterocycles. The van der Waals surface area contributed by atoms with Crippen molar-refractivity contribution in [3.05, 3.63) is 54.1 Å². The summed E-state index contributed by atoms with van der Waals surface area (Å²) >= 11 is 0. The Morgan fingerprint density at radius 3 is 2.42 bits per heavy atom. The van der Waals surface area contributed by atoms with Crippen molar-refractivity contribution in [1.29, 1.82) is 0 Å². The SMILES string of the molecule is CC(C)NCCCn1nnc2c1-c1ccccc1CN(C(=O)CCC(=O)NCCOCCC(=O)C(C)C)c1ccccc1-2. The highest BCUT2D eigenvalue weighted by atomic mass is 16.5. The predicted octanol–water partition coefficient (Wildman–Crippen LogP) is 4.38. The van der Waals surface area contributed by atoms with E-state index in [1.165, 1.54) is 0 Å². The Morgan fingerprint density at radius 2 is 1.65 bits per heavy atom. The molecule has 2 heterocycles. The van der Waals surface area contributed by atoms with Crippen LogP contribution in [0, 0.1) is 5.92 Å². The van der Waals surface area contributed by atoms with Crippen LogP contribution in [0.1, 0.15) is 58.9 Å². The van der Waals surface area contributed by atoms with Gasteiger partial charge in [0, 0.05) is 55.4 Å². The molecule has 43 heavy (non-hydrogen) atoms. The van der Waals surface area contributed by atoms with E-state index in [1.807, 2.05) is 61.0 Å². The van der Waals surface area contributed by atoms with Gasteiger partial charge in [0.25, 0.3) is 0 Å². The number of ketones is 1. The maximum absolute atomic E-state index is 13.7. The molecule has 2 aromatic carbocycles. The number of hydrogen-bond donors (Lipinski definition) is 2. The van der Waals surface area contributed by atoms with Gasteiger partial charge in [-0.15, -0.1) is 5.10 Å². The number of aromatic nitrogens is 3. The molecule has 0 fully saturated rings. The monoisotopic (exact) mass is 588 g/mol. The number of amides is 2. The number of Topliss-reactive ketones (excluding diaryl/α,β-unsaturated/α-hetero) is 1. The van der Waals surface area contributed by atoms with Crippen LogP contribution in [0.25, 0.3) is 22.5 Å². The number of carbonyl (C=O) groups excluding carboxylic acids is 3. The van der Waals surface area contributed by atoms with Crippen molar-refractivity contribution in [2.45, 2.75) is 72.5 Å². The molecule has 0 spiro atoms. The zero-order valence-corrected chi connectivity index (χ0v) is 25.8. The highest BCUT2D eigenvalue weighted by Crippen LogP contribution is 2.41. The molecule has 0 atom stereocenters. The Kier molecular flexibility index (Phi) is 11.6. The molecular weight excluding hydrogens is 544 g/mol. The summed E-state index contributed by atoms with van der Waals surface area (Å²) < 4.78 is 7.44. The number of rotatable bonds is 15. The standard InChI is InChI=1S/C33H44N6O4/c1-23(2)29(40)16-20-43-21-18-35-30(41)14-15-31(42)38-22-25-10-5-6-11-26(25)33-32(27-12-7-8-13-28(27)38)36-37-39(33)19-9-17-34-24(3)4/h5-8,10-13,23-24,34H,9,14-22H2,1-4H3,(H,35,41). The summed E-state index contributed by atoms with van der Waals surface area (Å²) in [6.45, 7) is 11.0. The van der Waals surface area contributed by atoms with Gasteiger partial charge in [-0.1, -0.05) is 75.4 Å². The minimum Gasteiger partial charge on any atom is -0.379 e. The average Bonchev–Trinajstić information content (AvgIpc) is 3.40. The average molecular weight is 589 g/mol. The van der Waals surface area contributed by atoms with Crippen LogP contribution in [-0.2, 0) is 32.2 Å². The second kappa shape index (κ2) is 15.5. The van der Waals surface area contributed by atoms with E-state index in [4.69, 9.17) is 4.74 Å². The first-order valence-electron chi connectivity index (χ1n) is 15.3. The van der Waals surface area contributed by atoms with Crippen LogP contribution in [0.2, 0.25) is 0 Å². The molecule has 2 amide bonds. The number of nitrogens with zero attached hydrogens (tertiary/aromatic N) is 4. The van der Waals surface area contributed by atoms with Gasteiger partial charge in [-0.05, 0) is 24.6 Å².